The number of rotatable bonds is 8. The fourth-order valence-corrected chi connectivity index (χ4v) is 2.71. The zero-order chi connectivity index (χ0) is 19.8. The Kier molecular flexibility index (Phi) is 10.1. The maximum Gasteiger partial charge on any atom is 0.191 e. The predicted molar refractivity (Wildman–Crippen MR) is 124 cm³/mol. The molecule has 0 aliphatic rings. The van der Waals surface area contributed by atoms with Crippen molar-refractivity contribution in [2.45, 2.75) is 40.3 Å². The van der Waals surface area contributed by atoms with Crippen molar-refractivity contribution in [1.82, 2.24) is 20.4 Å². The summed E-state index contributed by atoms with van der Waals surface area (Å²) in [4.78, 5) is 4.69. The first-order valence-corrected chi connectivity index (χ1v) is 9.26. The zero-order valence-corrected chi connectivity index (χ0v) is 19.9. The Morgan fingerprint density at radius 3 is 2.36 bits per heavy atom. The van der Waals surface area contributed by atoms with Crippen LogP contribution in [0.5, 0.6) is 11.5 Å². The summed E-state index contributed by atoms with van der Waals surface area (Å²) in [5.41, 5.74) is 3.33. The van der Waals surface area contributed by atoms with Crippen molar-refractivity contribution in [3.8, 4) is 11.5 Å². The van der Waals surface area contributed by atoms with Gasteiger partial charge in [0, 0.05) is 24.8 Å². The quantitative estimate of drug-likeness (QED) is 0.330. The molecule has 0 aliphatic heterocycles. The van der Waals surface area contributed by atoms with Gasteiger partial charge < -0.3 is 20.1 Å². The van der Waals surface area contributed by atoms with Crippen LogP contribution < -0.4 is 20.1 Å². The number of ether oxygens (including phenoxy) is 2. The summed E-state index contributed by atoms with van der Waals surface area (Å²) in [7, 11) is 3.61. The van der Waals surface area contributed by atoms with Gasteiger partial charge in [-0.3, -0.25) is 4.68 Å². The number of aliphatic imine (C=N–C) groups is 1. The minimum atomic E-state index is -0.0101. The van der Waals surface area contributed by atoms with Crippen molar-refractivity contribution in [1.29, 1.82) is 0 Å². The third-order valence-electron chi connectivity index (χ3n) is 4.35. The molecule has 1 heterocycles. The molecule has 1 aromatic carbocycles. The molecule has 0 saturated carbocycles. The number of methoxy groups -OCH3 is 1. The van der Waals surface area contributed by atoms with E-state index in [0.717, 1.165) is 41.0 Å². The molecule has 0 radical (unpaired) electrons. The largest absolute Gasteiger partial charge is 0.497 e. The predicted octanol–water partition coefficient (Wildman–Crippen LogP) is 3.19. The number of halogens is 1. The fourth-order valence-electron chi connectivity index (χ4n) is 2.71. The Hall–Kier alpha value is -1.97. The minimum absolute atomic E-state index is 0. The lowest BCUT2D eigenvalue weighted by Crippen LogP contribution is -2.41. The van der Waals surface area contributed by atoms with Crippen LogP contribution in [-0.2, 0) is 13.6 Å². The van der Waals surface area contributed by atoms with Crippen LogP contribution in [0, 0.1) is 13.8 Å². The molecule has 8 heteroatoms. The average molecular weight is 501 g/mol. The second-order valence-corrected chi connectivity index (χ2v) is 6.45. The molecule has 0 amide bonds. The van der Waals surface area contributed by atoms with Gasteiger partial charge in [-0.25, -0.2) is 4.99 Å². The van der Waals surface area contributed by atoms with E-state index >= 15 is 0 Å². The molecule has 0 saturated heterocycles. The van der Waals surface area contributed by atoms with Gasteiger partial charge in [0.15, 0.2) is 5.96 Å². The van der Waals surface area contributed by atoms with Crippen molar-refractivity contribution >= 4 is 29.9 Å². The maximum atomic E-state index is 5.93. The molecule has 2 rings (SSSR count). The van der Waals surface area contributed by atoms with Crippen molar-refractivity contribution in [3.05, 3.63) is 41.2 Å². The van der Waals surface area contributed by atoms with Gasteiger partial charge >= 0.3 is 0 Å². The molecule has 7 nitrogen and oxygen atoms in total. The van der Waals surface area contributed by atoms with E-state index < -0.39 is 0 Å². The standard InChI is InChI=1S/C20H31N5O2.HI/c1-7-21-20(23-13-19-15(3)24-25(5)16(19)4)22-12-14(2)27-18-10-8-17(26-6)9-11-18;/h8-11,14H,7,12-13H2,1-6H3,(H2,21,22,23);1H. The molecular formula is C20H32IN5O2. The molecule has 28 heavy (non-hydrogen) atoms. The number of hydrogen-bond donors (Lipinski definition) is 2. The number of benzene rings is 1. The van der Waals surface area contributed by atoms with Gasteiger partial charge in [-0.1, -0.05) is 0 Å². The number of guanidine groups is 1. The van der Waals surface area contributed by atoms with Gasteiger partial charge in [-0.2, -0.15) is 5.10 Å². The molecule has 1 aromatic heterocycles. The topological polar surface area (TPSA) is 72.7 Å². The van der Waals surface area contributed by atoms with Crippen molar-refractivity contribution in [3.63, 3.8) is 0 Å². The van der Waals surface area contributed by atoms with E-state index in [-0.39, 0.29) is 30.1 Å². The van der Waals surface area contributed by atoms with Gasteiger partial charge in [-0.05, 0) is 52.0 Å². The number of hydrogen-bond acceptors (Lipinski definition) is 4. The molecule has 0 bridgehead atoms. The van der Waals surface area contributed by atoms with Gasteiger partial charge in [0.2, 0.25) is 0 Å². The van der Waals surface area contributed by atoms with Crippen molar-refractivity contribution < 1.29 is 9.47 Å². The second-order valence-electron chi connectivity index (χ2n) is 6.45. The van der Waals surface area contributed by atoms with E-state index in [2.05, 4.69) is 34.6 Å². The molecule has 2 aromatic rings. The van der Waals surface area contributed by atoms with Crippen LogP contribution in [0.1, 0.15) is 30.8 Å². The monoisotopic (exact) mass is 501 g/mol. The Morgan fingerprint density at radius 2 is 1.82 bits per heavy atom. The van der Waals surface area contributed by atoms with E-state index in [9.17, 15) is 0 Å². The molecule has 1 atom stereocenters. The number of nitrogens with zero attached hydrogens (tertiary/aromatic N) is 3. The Balaban J connectivity index is 0.00000392. The van der Waals surface area contributed by atoms with Crippen LogP contribution in [-0.4, -0.2) is 42.0 Å². The van der Waals surface area contributed by atoms with E-state index in [1.165, 1.54) is 0 Å². The van der Waals surface area contributed by atoms with Gasteiger partial charge in [0.25, 0.3) is 0 Å². The lowest BCUT2D eigenvalue weighted by atomic mass is 10.2. The normalized spacial score (nSPS) is 12.1. The molecule has 156 valence electrons. The van der Waals surface area contributed by atoms with Crippen LogP contribution >= 0.6 is 24.0 Å². The van der Waals surface area contributed by atoms with E-state index in [1.54, 1.807) is 7.11 Å². The minimum Gasteiger partial charge on any atom is -0.497 e. The van der Waals surface area contributed by atoms with Crippen LogP contribution in [0.25, 0.3) is 0 Å². The second kappa shape index (κ2) is 11.8. The highest BCUT2D eigenvalue weighted by Crippen LogP contribution is 2.18. The summed E-state index contributed by atoms with van der Waals surface area (Å²) < 4.78 is 13.0. The first kappa shape index (κ1) is 24.1. The maximum absolute atomic E-state index is 5.93. The summed E-state index contributed by atoms with van der Waals surface area (Å²) >= 11 is 0. The van der Waals surface area contributed by atoms with Gasteiger partial charge in [0.05, 0.1) is 25.9 Å². The van der Waals surface area contributed by atoms with Crippen LogP contribution in [0.15, 0.2) is 29.3 Å². The van der Waals surface area contributed by atoms with Gasteiger partial charge in [0.1, 0.15) is 17.6 Å². The molecule has 0 spiro atoms. The molecule has 1 unspecified atom stereocenters. The molecule has 0 fully saturated rings. The molecule has 0 aliphatic carbocycles. The third kappa shape index (κ3) is 6.88. The Bertz CT molecular complexity index is 759. The molecule has 2 N–H and O–H groups in total. The summed E-state index contributed by atoms with van der Waals surface area (Å²) in [6, 6.07) is 7.59. The molecular weight excluding hydrogens is 469 g/mol. The first-order valence-electron chi connectivity index (χ1n) is 9.26. The smallest absolute Gasteiger partial charge is 0.191 e. The summed E-state index contributed by atoms with van der Waals surface area (Å²) in [6.45, 7) is 10.2. The number of aromatic nitrogens is 2. The fraction of sp³-hybridized carbons (Fsp3) is 0.500. The average Bonchev–Trinajstić information content (AvgIpc) is 2.90. The van der Waals surface area contributed by atoms with E-state index in [1.807, 2.05) is 49.8 Å². The number of nitrogens with one attached hydrogen (secondary N) is 2. The van der Waals surface area contributed by atoms with E-state index in [4.69, 9.17) is 9.47 Å². The summed E-state index contributed by atoms with van der Waals surface area (Å²) in [6.07, 6.45) is -0.0101. The van der Waals surface area contributed by atoms with Crippen LogP contribution in [0.3, 0.4) is 0 Å². The lowest BCUT2D eigenvalue weighted by Gasteiger charge is -2.18. The van der Waals surface area contributed by atoms with Crippen LogP contribution in [0.2, 0.25) is 0 Å². The van der Waals surface area contributed by atoms with E-state index in [0.29, 0.717) is 13.1 Å². The van der Waals surface area contributed by atoms with Gasteiger partial charge in [-0.15, -0.1) is 24.0 Å². The Morgan fingerprint density at radius 1 is 1.18 bits per heavy atom. The third-order valence-corrected chi connectivity index (χ3v) is 4.35. The van der Waals surface area contributed by atoms with Crippen LogP contribution in [0.4, 0.5) is 0 Å². The first-order chi connectivity index (χ1) is 12.9. The highest BCUT2D eigenvalue weighted by atomic mass is 127. The Labute approximate surface area is 184 Å². The highest BCUT2D eigenvalue weighted by Gasteiger charge is 2.10. The number of aryl methyl sites for hydroxylation is 2. The van der Waals surface area contributed by atoms with Crippen molar-refractivity contribution in [2.24, 2.45) is 12.0 Å². The SMILES string of the molecule is CCNC(=NCc1c(C)nn(C)c1C)NCC(C)Oc1ccc(OC)cc1.I. The summed E-state index contributed by atoms with van der Waals surface area (Å²) in [5.74, 6) is 2.40. The van der Waals surface area contributed by atoms with Crippen molar-refractivity contribution in [2.75, 3.05) is 20.2 Å². The highest BCUT2D eigenvalue weighted by molar-refractivity contribution is 14.0. The summed E-state index contributed by atoms with van der Waals surface area (Å²) in [5, 5.41) is 11.1. The lowest BCUT2D eigenvalue weighted by molar-refractivity contribution is 0.223. The zero-order valence-electron chi connectivity index (χ0n) is 17.6.